The summed E-state index contributed by atoms with van der Waals surface area (Å²) in [4.78, 5) is 14.9. The van der Waals surface area contributed by atoms with Gasteiger partial charge in [0, 0.05) is 14.1 Å². The first-order chi connectivity index (χ1) is 8.80. The number of carbonyl (C=O) groups is 1. The van der Waals surface area contributed by atoms with Gasteiger partial charge in [-0.25, -0.2) is 17.7 Å². The zero-order valence-electron chi connectivity index (χ0n) is 10.5. The summed E-state index contributed by atoms with van der Waals surface area (Å²) in [6, 6.07) is 4.33. The van der Waals surface area contributed by atoms with Crippen LogP contribution in [0.25, 0.3) is 11.1 Å². The third-order valence-electron chi connectivity index (χ3n) is 2.51. The summed E-state index contributed by atoms with van der Waals surface area (Å²) in [5.74, 6) is -0.394. The molecular weight excluding hydrogens is 270 g/mol. The number of hydrogen-bond acceptors (Lipinski definition) is 5. The molecule has 1 amide bonds. The average molecular weight is 283 g/mol. The SMILES string of the molecule is CN(C)S(=O)(=O)c1ccc2oc(CC(N)=O)nc2c1. The molecule has 0 atom stereocenters. The summed E-state index contributed by atoms with van der Waals surface area (Å²) in [5, 5.41) is 0. The van der Waals surface area contributed by atoms with Gasteiger partial charge in [-0.2, -0.15) is 0 Å². The number of hydrogen-bond donors (Lipinski definition) is 1. The monoisotopic (exact) mass is 283 g/mol. The Morgan fingerprint density at radius 3 is 2.68 bits per heavy atom. The lowest BCUT2D eigenvalue weighted by Gasteiger charge is -2.10. The highest BCUT2D eigenvalue weighted by Crippen LogP contribution is 2.21. The van der Waals surface area contributed by atoms with Crippen LogP contribution in [0.3, 0.4) is 0 Å². The number of primary amides is 1. The van der Waals surface area contributed by atoms with Gasteiger partial charge in [-0.15, -0.1) is 0 Å². The predicted molar refractivity (Wildman–Crippen MR) is 67.8 cm³/mol. The van der Waals surface area contributed by atoms with E-state index in [0.717, 1.165) is 4.31 Å². The first-order valence-corrected chi connectivity index (χ1v) is 6.85. The van der Waals surface area contributed by atoms with Crippen molar-refractivity contribution < 1.29 is 17.6 Å². The van der Waals surface area contributed by atoms with Gasteiger partial charge in [-0.05, 0) is 18.2 Å². The summed E-state index contributed by atoms with van der Waals surface area (Å²) < 4.78 is 30.3. The molecule has 2 N–H and O–H groups in total. The first kappa shape index (κ1) is 13.5. The van der Waals surface area contributed by atoms with Crippen LogP contribution in [0, 0.1) is 0 Å². The minimum Gasteiger partial charge on any atom is -0.440 e. The second-order valence-electron chi connectivity index (χ2n) is 4.17. The third-order valence-corrected chi connectivity index (χ3v) is 4.32. The zero-order chi connectivity index (χ0) is 14.2. The minimum atomic E-state index is -3.52. The van der Waals surface area contributed by atoms with Crippen LogP contribution < -0.4 is 5.73 Å². The normalized spacial score (nSPS) is 12.2. The number of carbonyl (C=O) groups excluding carboxylic acids is 1. The Morgan fingerprint density at radius 2 is 2.11 bits per heavy atom. The standard InChI is InChI=1S/C11H13N3O4S/c1-14(2)19(16,17)7-3-4-9-8(5-7)13-11(18-9)6-10(12)15/h3-5H,6H2,1-2H3,(H2,12,15). The lowest BCUT2D eigenvalue weighted by atomic mass is 10.3. The second kappa shape index (κ2) is 4.63. The molecule has 0 bridgehead atoms. The molecular formula is C11H13N3O4S. The van der Waals surface area contributed by atoms with Crippen LogP contribution >= 0.6 is 0 Å². The zero-order valence-corrected chi connectivity index (χ0v) is 11.3. The molecule has 1 aromatic heterocycles. The molecule has 0 aliphatic rings. The number of nitrogens with zero attached hydrogens (tertiary/aromatic N) is 2. The van der Waals surface area contributed by atoms with E-state index in [2.05, 4.69) is 4.98 Å². The van der Waals surface area contributed by atoms with Gasteiger partial charge in [-0.3, -0.25) is 4.79 Å². The van der Waals surface area contributed by atoms with Crippen molar-refractivity contribution in [3.05, 3.63) is 24.1 Å². The smallest absolute Gasteiger partial charge is 0.242 e. The first-order valence-electron chi connectivity index (χ1n) is 5.41. The number of amides is 1. The van der Waals surface area contributed by atoms with Crippen molar-refractivity contribution >= 4 is 27.0 Å². The molecule has 0 aliphatic carbocycles. The van der Waals surface area contributed by atoms with Crippen LogP contribution in [0.1, 0.15) is 5.89 Å². The van der Waals surface area contributed by atoms with Crippen LogP contribution in [0.4, 0.5) is 0 Å². The van der Waals surface area contributed by atoms with E-state index in [9.17, 15) is 13.2 Å². The number of nitrogens with two attached hydrogens (primary N) is 1. The molecule has 2 rings (SSSR count). The Labute approximate surface area is 110 Å². The number of aromatic nitrogens is 1. The van der Waals surface area contributed by atoms with Crippen molar-refractivity contribution in [3.8, 4) is 0 Å². The summed E-state index contributed by atoms with van der Waals surface area (Å²) in [6.07, 6.45) is -0.121. The number of benzene rings is 1. The van der Waals surface area contributed by atoms with E-state index in [1.165, 1.54) is 32.3 Å². The maximum Gasteiger partial charge on any atom is 0.242 e. The van der Waals surface area contributed by atoms with E-state index in [4.69, 9.17) is 10.2 Å². The van der Waals surface area contributed by atoms with Crippen LogP contribution in [0.2, 0.25) is 0 Å². The molecule has 0 saturated heterocycles. The Morgan fingerprint density at radius 1 is 1.42 bits per heavy atom. The van der Waals surface area contributed by atoms with Gasteiger partial charge in [0.25, 0.3) is 0 Å². The number of fused-ring (bicyclic) bond motifs is 1. The molecule has 19 heavy (non-hydrogen) atoms. The average Bonchev–Trinajstić information content (AvgIpc) is 2.68. The maximum absolute atomic E-state index is 12.0. The van der Waals surface area contributed by atoms with Crippen LogP contribution in [-0.4, -0.2) is 37.7 Å². The lowest BCUT2D eigenvalue weighted by molar-refractivity contribution is -0.117. The molecule has 102 valence electrons. The summed E-state index contributed by atoms with van der Waals surface area (Å²) in [6.45, 7) is 0. The Kier molecular flexibility index (Phi) is 3.29. The molecule has 1 heterocycles. The van der Waals surface area contributed by atoms with E-state index in [0.29, 0.717) is 11.1 Å². The number of oxazole rings is 1. The molecule has 0 radical (unpaired) electrons. The van der Waals surface area contributed by atoms with Gasteiger partial charge >= 0.3 is 0 Å². The molecule has 8 heteroatoms. The fraction of sp³-hybridized carbons (Fsp3) is 0.273. The summed E-state index contributed by atoms with van der Waals surface area (Å²) in [5.41, 5.74) is 5.83. The lowest BCUT2D eigenvalue weighted by Crippen LogP contribution is -2.22. The summed E-state index contributed by atoms with van der Waals surface area (Å²) in [7, 11) is -0.632. The van der Waals surface area contributed by atoms with Gasteiger partial charge in [0.1, 0.15) is 11.9 Å². The van der Waals surface area contributed by atoms with Crippen molar-refractivity contribution in [2.75, 3.05) is 14.1 Å². The van der Waals surface area contributed by atoms with E-state index in [1.54, 1.807) is 0 Å². The molecule has 0 unspecified atom stereocenters. The van der Waals surface area contributed by atoms with Gasteiger partial charge < -0.3 is 10.2 Å². The van der Waals surface area contributed by atoms with E-state index >= 15 is 0 Å². The minimum absolute atomic E-state index is 0.115. The van der Waals surface area contributed by atoms with Gasteiger partial charge in [0.2, 0.25) is 21.8 Å². The van der Waals surface area contributed by atoms with E-state index in [1.807, 2.05) is 0 Å². The van der Waals surface area contributed by atoms with Crippen molar-refractivity contribution in [1.82, 2.24) is 9.29 Å². The molecule has 2 aromatic rings. The highest BCUT2D eigenvalue weighted by Gasteiger charge is 2.19. The summed E-state index contributed by atoms with van der Waals surface area (Å²) >= 11 is 0. The van der Waals surface area contributed by atoms with Gasteiger partial charge in [0.05, 0.1) is 4.90 Å². The largest absolute Gasteiger partial charge is 0.440 e. The molecule has 0 saturated carbocycles. The van der Waals surface area contributed by atoms with E-state index in [-0.39, 0.29) is 17.2 Å². The fourth-order valence-corrected chi connectivity index (χ4v) is 2.47. The molecule has 7 nitrogen and oxygen atoms in total. The van der Waals surface area contributed by atoms with E-state index < -0.39 is 15.9 Å². The second-order valence-corrected chi connectivity index (χ2v) is 6.32. The Balaban J connectivity index is 2.49. The Hall–Kier alpha value is -1.93. The van der Waals surface area contributed by atoms with Gasteiger partial charge in [-0.1, -0.05) is 0 Å². The molecule has 0 aliphatic heterocycles. The quantitative estimate of drug-likeness (QED) is 0.856. The maximum atomic E-state index is 12.0. The number of sulfonamides is 1. The van der Waals surface area contributed by atoms with Crippen LogP contribution in [0.5, 0.6) is 0 Å². The van der Waals surface area contributed by atoms with Crippen molar-refractivity contribution in [2.45, 2.75) is 11.3 Å². The van der Waals surface area contributed by atoms with Crippen LogP contribution in [0.15, 0.2) is 27.5 Å². The Bertz CT molecular complexity index is 733. The molecule has 1 aromatic carbocycles. The topological polar surface area (TPSA) is 107 Å². The predicted octanol–water partition coefficient (Wildman–Crippen LogP) is 0.106. The fourth-order valence-electron chi connectivity index (χ4n) is 1.55. The number of rotatable bonds is 4. The van der Waals surface area contributed by atoms with Crippen LogP contribution in [-0.2, 0) is 21.2 Å². The van der Waals surface area contributed by atoms with Crippen molar-refractivity contribution in [1.29, 1.82) is 0 Å². The highest BCUT2D eigenvalue weighted by molar-refractivity contribution is 7.89. The van der Waals surface area contributed by atoms with Crippen molar-refractivity contribution in [2.24, 2.45) is 5.73 Å². The van der Waals surface area contributed by atoms with Gasteiger partial charge in [0.15, 0.2) is 5.58 Å². The van der Waals surface area contributed by atoms with Crippen molar-refractivity contribution in [3.63, 3.8) is 0 Å². The molecule has 0 fully saturated rings. The molecule has 0 spiro atoms. The third kappa shape index (κ3) is 2.59. The highest BCUT2D eigenvalue weighted by atomic mass is 32.2.